The molecular formula is C24H25N3O4S. The summed E-state index contributed by atoms with van der Waals surface area (Å²) in [4.78, 5) is 12.7. The van der Waals surface area contributed by atoms with E-state index in [0.29, 0.717) is 11.4 Å². The first-order valence-electron chi connectivity index (χ1n) is 10.3. The molecule has 1 atom stereocenters. The van der Waals surface area contributed by atoms with E-state index in [0.717, 1.165) is 34.4 Å². The summed E-state index contributed by atoms with van der Waals surface area (Å²) in [6.07, 6.45) is 4.74. The van der Waals surface area contributed by atoms with Crippen molar-refractivity contribution in [1.29, 1.82) is 0 Å². The van der Waals surface area contributed by atoms with Crippen LogP contribution in [0.2, 0.25) is 0 Å². The molecular weight excluding hydrogens is 426 g/mol. The summed E-state index contributed by atoms with van der Waals surface area (Å²) < 4.78 is 31.0. The van der Waals surface area contributed by atoms with Crippen molar-refractivity contribution in [1.82, 2.24) is 5.43 Å². The van der Waals surface area contributed by atoms with Crippen LogP contribution in [0.3, 0.4) is 0 Å². The molecule has 1 aliphatic carbocycles. The minimum Gasteiger partial charge on any atom is -0.497 e. The summed E-state index contributed by atoms with van der Waals surface area (Å²) in [6.45, 7) is 1.52. The molecule has 0 radical (unpaired) electrons. The fraction of sp³-hybridized carbons (Fsp3) is 0.250. The molecule has 1 aliphatic rings. The van der Waals surface area contributed by atoms with E-state index in [1.165, 1.54) is 30.5 Å². The molecule has 0 bridgehead atoms. The van der Waals surface area contributed by atoms with Crippen LogP contribution in [-0.4, -0.2) is 39.9 Å². The predicted octanol–water partition coefficient (Wildman–Crippen LogP) is 3.25. The first-order valence-corrected chi connectivity index (χ1v) is 12.1. The zero-order chi connectivity index (χ0) is 22.9. The molecule has 4 rings (SSSR count). The van der Waals surface area contributed by atoms with Crippen LogP contribution in [0, 0.1) is 0 Å². The number of benzene rings is 3. The lowest BCUT2D eigenvalue weighted by atomic mass is 10.0. The smallest absolute Gasteiger partial charge is 0.263 e. The average Bonchev–Trinajstić information content (AvgIpc) is 3.19. The lowest BCUT2D eigenvalue weighted by Crippen LogP contribution is -2.46. The van der Waals surface area contributed by atoms with Gasteiger partial charge in [0.2, 0.25) is 10.0 Å². The number of hydrogen-bond acceptors (Lipinski definition) is 5. The van der Waals surface area contributed by atoms with Crippen LogP contribution in [0.1, 0.15) is 23.6 Å². The van der Waals surface area contributed by atoms with Gasteiger partial charge in [-0.05, 0) is 65.9 Å². The molecule has 0 fully saturated rings. The van der Waals surface area contributed by atoms with E-state index in [1.54, 1.807) is 30.5 Å². The first kappa shape index (κ1) is 21.8. The molecule has 3 aromatic carbocycles. The molecule has 1 amide bonds. The average molecular weight is 452 g/mol. The largest absolute Gasteiger partial charge is 0.497 e. The van der Waals surface area contributed by atoms with E-state index in [1.807, 2.05) is 12.1 Å². The van der Waals surface area contributed by atoms with Crippen LogP contribution in [-0.2, 0) is 27.7 Å². The summed E-state index contributed by atoms with van der Waals surface area (Å²) in [7, 11) is -2.18. The van der Waals surface area contributed by atoms with Crippen molar-refractivity contribution >= 4 is 38.6 Å². The highest BCUT2D eigenvalue weighted by Gasteiger charge is 2.29. The number of carbonyl (C=O) groups excluding carboxylic acids is 1. The number of aryl methyl sites for hydroxylation is 2. The number of sulfonamides is 1. The van der Waals surface area contributed by atoms with Crippen LogP contribution < -0.4 is 14.5 Å². The summed E-state index contributed by atoms with van der Waals surface area (Å²) in [5.41, 5.74) is 6.41. The zero-order valence-corrected chi connectivity index (χ0v) is 19.0. The van der Waals surface area contributed by atoms with Gasteiger partial charge < -0.3 is 4.74 Å². The highest BCUT2D eigenvalue weighted by atomic mass is 32.2. The van der Waals surface area contributed by atoms with Crippen LogP contribution in [0.5, 0.6) is 5.75 Å². The van der Waals surface area contributed by atoms with Crippen LogP contribution >= 0.6 is 0 Å². The van der Waals surface area contributed by atoms with Crippen molar-refractivity contribution in [3.05, 3.63) is 71.3 Å². The quantitative estimate of drug-likeness (QED) is 0.441. The molecule has 3 aromatic rings. The number of nitrogens with zero attached hydrogens (tertiary/aromatic N) is 2. The van der Waals surface area contributed by atoms with Crippen molar-refractivity contribution in [3.63, 3.8) is 0 Å². The number of rotatable bonds is 7. The molecule has 1 N–H and O–H groups in total. The van der Waals surface area contributed by atoms with Crippen molar-refractivity contribution in [2.45, 2.75) is 25.8 Å². The SMILES string of the molecule is COc1ccc(N([C@@H](C)C(=O)N/N=C\c2ccc3c4c(cccc24)CC3)S(C)(=O)=O)cc1. The lowest BCUT2D eigenvalue weighted by molar-refractivity contribution is -0.121. The molecule has 0 unspecified atom stereocenters. The standard InChI is InChI=1S/C24H25N3O4S/c1-16(27(32(3,29)30)20-11-13-21(31-2)14-12-20)24(28)26-25-15-19-10-9-18-8-7-17-5-4-6-22(19)23(17)18/h4-6,9-16H,7-8H2,1-3H3,(H,26,28)/b25-15-/t16-/m0/s1. The molecule has 0 aliphatic heterocycles. The van der Waals surface area contributed by atoms with E-state index < -0.39 is 22.0 Å². The Morgan fingerprint density at radius 1 is 1.09 bits per heavy atom. The monoisotopic (exact) mass is 451 g/mol. The topological polar surface area (TPSA) is 88.1 Å². The predicted molar refractivity (Wildman–Crippen MR) is 127 cm³/mol. The second-order valence-electron chi connectivity index (χ2n) is 7.82. The fourth-order valence-electron chi connectivity index (χ4n) is 4.18. The Morgan fingerprint density at radius 3 is 2.44 bits per heavy atom. The molecule has 166 valence electrons. The van der Waals surface area contributed by atoms with Gasteiger partial charge in [-0.1, -0.05) is 30.3 Å². The Labute approximate surface area is 187 Å². The Kier molecular flexibility index (Phi) is 5.88. The van der Waals surface area contributed by atoms with E-state index in [9.17, 15) is 13.2 Å². The normalized spacial score (nSPS) is 14.0. The van der Waals surface area contributed by atoms with E-state index in [4.69, 9.17) is 4.74 Å². The maximum absolute atomic E-state index is 12.7. The van der Waals surface area contributed by atoms with Crippen molar-refractivity contribution < 1.29 is 17.9 Å². The molecule has 0 spiro atoms. The van der Waals surface area contributed by atoms with Crippen LogP contribution in [0.25, 0.3) is 10.8 Å². The van der Waals surface area contributed by atoms with Gasteiger partial charge in [0.1, 0.15) is 11.8 Å². The van der Waals surface area contributed by atoms with Crippen molar-refractivity contribution in [3.8, 4) is 5.75 Å². The molecule has 8 heteroatoms. The number of ether oxygens (including phenoxy) is 1. The van der Waals surface area contributed by atoms with E-state index >= 15 is 0 Å². The van der Waals surface area contributed by atoms with Crippen molar-refractivity contribution in [2.24, 2.45) is 5.10 Å². The Balaban J connectivity index is 1.54. The second-order valence-corrected chi connectivity index (χ2v) is 9.68. The van der Waals surface area contributed by atoms with Gasteiger partial charge in [-0.2, -0.15) is 5.10 Å². The number of amides is 1. The van der Waals surface area contributed by atoms with Gasteiger partial charge in [-0.25, -0.2) is 13.8 Å². The Hall–Kier alpha value is -3.39. The molecule has 0 saturated heterocycles. The molecule has 7 nitrogen and oxygen atoms in total. The molecule has 0 aromatic heterocycles. The van der Waals surface area contributed by atoms with Crippen LogP contribution in [0.4, 0.5) is 5.69 Å². The van der Waals surface area contributed by atoms with Gasteiger partial charge in [0.05, 0.1) is 25.3 Å². The Morgan fingerprint density at radius 2 is 1.78 bits per heavy atom. The molecule has 0 heterocycles. The number of methoxy groups -OCH3 is 1. The lowest BCUT2D eigenvalue weighted by Gasteiger charge is -2.27. The van der Waals surface area contributed by atoms with Gasteiger partial charge in [0.25, 0.3) is 5.91 Å². The summed E-state index contributed by atoms with van der Waals surface area (Å²) in [5.74, 6) is 0.0580. The number of carbonyl (C=O) groups is 1. The third-order valence-corrected chi connectivity index (χ3v) is 6.95. The minimum atomic E-state index is -3.71. The number of anilines is 1. The van der Waals surface area contributed by atoms with Gasteiger partial charge in [-0.15, -0.1) is 0 Å². The second kappa shape index (κ2) is 8.63. The summed E-state index contributed by atoms with van der Waals surface area (Å²) >= 11 is 0. The third kappa shape index (κ3) is 4.18. The van der Waals surface area contributed by atoms with Crippen molar-refractivity contribution in [2.75, 3.05) is 17.7 Å². The maximum Gasteiger partial charge on any atom is 0.263 e. The maximum atomic E-state index is 12.7. The fourth-order valence-corrected chi connectivity index (χ4v) is 5.35. The number of hydrogen-bond donors (Lipinski definition) is 1. The number of nitrogens with one attached hydrogen (secondary N) is 1. The minimum absolute atomic E-state index is 0.368. The summed E-state index contributed by atoms with van der Waals surface area (Å²) in [5, 5.41) is 6.47. The van der Waals surface area contributed by atoms with Crippen LogP contribution in [0.15, 0.2) is 59.7 Å². The van der Waals surface area contributed by atoms with E-state index in [-0.39, 0.29) is 0 Å². The molecule has 32 heavy (non-hydrogen) atoms. The summed E-state index contributed by atoms with van der Waals surface area (Å²) in [6, 6.07) is 15.8. The highest BCUT2D eigenvalue weighted by molar-refractivity contribution is 7.92. The third-order valence-electron chi connectivity index (χ3n) is 5.70. The van der Waals surface area contributed by atoms with Gasteiger partial charge in [0, 0.05) is 5.56 Å². The Bertz CT molecular complexity index is 1290. The first-order chi connectivity index (χ1) is 15.3. The molecule has 0 saturated carbocycles. The van der Waals surface area contributed by atoms with Gasteiger partial charge >= 0.3 is 0 Å². The zero-order valence-electron chi connectivity index (χ0n) is 18.2. The van der Waals surface area contributed by atoms with Gasteiger partial charge in [-0.3, -0.25) is 9.10 Å². The highest BCUT2D eigenvalue weighted by Crippen LogP contribution is 2.32. The number of hydrazone groups is 1. The van der Waals surface area contributed by atoms with E-state index in [2.05, 4.69) is 28.7 Å². The van der Waals surface area contributed by atoms with Gasteiger partial charge in [0.15, 0.2) is 0 Å².